The van der Waals surface area contributed by atoms with Gasteiger partial charge in [0.15, 0.2) is 0 Å². The van der Waals surface area contributed by atoms with Crippen LogP contribution in [0.2, 0.25) is 0 Å². The van der Waals surface area contributed by atoms with Crippen molar-refractivity contribution in [2.45, 2.75) is 11.8 Å². The summed E-state index contributed by atoms with van der Waals surface area (Å²) in [5.74, 6) is -0.333. The van der Waals surface area contributed by atoms with Gasteiger partial charge in [-0.1, -0.05) is 0 Å². The van der Waals surface area contributed by atoms with E-state index in [4.69, 9.17) is 0 Å². The summed E-state index contributed by atoms with van der Waals surface area (Å²) in [5, 5.41) is 6.29. The first-order valence-electron chi connectivity index (χ1n) is 10.5. The molecule has 32 heavy (non-hydrogen) atoms. The van der Waals surface area contributed by atoms with E-state index in [0.717, 1.165) is 15.7 Å². The third kappa shape index (κ3) is 5.49. The number of rotatable bonds is 8. The first-order chi connectivity index (χ1) is 15.2. The number of hydrogen-bond acceptors (Lipinski definition) is 6. The van der Waals surface area contributed by atoms with E-state index in [0.29, 0.717) is 38.4 Å². The fourth-order valence-electron chi connectivity index (χ4n) is 3.53. The van der Waals surface area contributed by atoms with Gasteiger partial charge in [0, 0.05) is 52.5 Å². The molecule has 0 radical (unpaired) electrons. The number of hydrogen-bond donors (Lipinski definition) is 2. The van der Waals surface area contributed by atoms with Crippen molar-refractivity contribution in [2.75, 3.05) is 68.9 Å². The van der Waals surface area contributed by atoms with Gasteiger partial charge in [0.05, 0.1) is 22.8 Å². The van der Waals surface area contributed by atoms with Crippen molar-refractivity contribution < 1.29 is 17.6 Å². The summed E-state index contributed by atoms with van der Waals surface area (Å²) in [7, 11) is -0.620. The van der Waals surface area contributed by atoms with E-state index < -0.39 is 10.0 Å². The van der Waals surface area contributed by atoms with Crippen LogP contribution in [-0.4, -0.2) is 76.9 Å². The largest absolute Gasteiger partial charge is 0.384 e. The maximum atomic E-state index is 13.1. The number of carbonyl (C=O) groups excluding carboxylic acids is 1. The zero-order valence-electron chi connectivity index (χ0n) is 18.6. The number of nitrogens with zero attached hydrogens (tertiary/aromatic N) is 3. The molecule has 0 unspecified atom stereocenters. The Labute approximate surface area is 189 Å². The number of benzene rings is 2. The van der Waals surface area contributed by atoms with Crippen molar-refractivity contribution in [3.05, 3.63) is 48.3 Å². The van der Waals surface area contributed by atoms with Crippen molar-refractivity contribution in [1.82, 2.24) is 9.21 Å². The Morgan fingerprint density at radius 1 is 1.00 bits per heavy atom. The minimum atomic E-state index is -3.58. The highest BCUT2D eigenvalue weighted by Gasteiger charge is 2.22. The van der Waals surface area contributed by atoms with Crippen LogP contribution in [0.25, 0.3) is 0 Å². The summed E-state index contributed by atoms with van der Waals surface area (Å²) in [5.41, 5.74) is 2.23. The van der Waals surface area contributed by atoms with E-state index >= 15 is 0 Å². The maximum Gasteiger partial charge on any atom is 0.242 e. The highest BCUT2D eigenvalue weighted by atomic mass is 32.2. The number of carbonyl (C=O) groups is 1. The molecule has 1 amide bonds. The SMILES string of the molecule is CCNc1ccc(S(=O)(=O)N(C)C)cc1NCC(=O)N1CCN(c2ccc(F)cc2)CC1. The molecule has 2 N–H and O–H groups in total. The van der Waals surface area contributed by atoms with Gasteiger partial charge in [-0.3, -0.25) is 4.79 Å². The quantitative estimate of drug-likeness (QED) is 0.625. The van der Waals surface area contributed by atoms with Crippen molar-refractivity contribution in [1.29, 1.82) is 0 Å². The molecule has 0 aromatic heterocycles. The normalized spacial score (nSPS) is 14.5. The van der Waals surface area contributed by atoms with E-state index in [1.165, 1.54) is 26.2 Å². The number of piperazine rings is 1. The molecule has 1 aliphatic rings. The van der Waals surface area contributed by atoms with E-state index in [1.807, 2.05) is 6.92 Å². The second kappa shape index (κ2) is 10.2. The van der Waals surface area contributed by atoms with Crippen molar-refractivity contribution >= 4 is 33.0 Å². The van der Waals surface area contributed by atoms with Crippen LogP contribution in [0.15, 0.2) is 47.4 Å². The van der Waals surface area contributed by atoms with Crippen LogP contribution in [-0.2, 0) is 14.8 Å². The monoisotopic (exact) mass is 463 g/mol. The Kier molecular flexibility index (Phi) is 7.57. The zero-order chi connectivity index (χ0) is 23.3. The summed E-state index contributed by atoms with van der Waals surface area (Å²) >= 11 is 0. The third-order valence-corrected chi connectivity index (χ3v) is 7.20. The minimum Gasteiger partial charge on any atom is -0.384 e. The molecule has 0 atom stereocenters. The molecule has 1 saturated heterocycles. The predicted octanol–water partition coefficient (Wildman–Crippen LogP) is 2.27. The number of sulfonamides is 1. The van der Waals surface area contributed by atoms with Crippen molar-refractivity contribution in [3.63, 3.8) is 0 Å². The van der Waals surface area contributed by atoms with Crippen LogP contribution in [0.3, 0.4) is 0 Å². The first kappa shape index (κ1) is 23.8. The van der Waals surface area contributed by atoms with E-state index in [-0.39, 0.29) is 23.2 Å². The predicted molar refractivity (Wildman–Crippen MR) is 125 cm³/mol. The lowest BCUT2D eigenvalue weighted by Crippen LogP contribution is -2.50. The van der Waals surface area contributed by atoms with Gasteiger partial charge in [-0.2, -0.15) is 0 Å². The first-order valence-corrected chi connectivity index (χ1v) is 12.0. The molecule has 2 aromatic rings. The molecule has 0 bridgehead atoms. The van der Waals surface area contributed by atoms with Gasteiger partial charge in [-0.15, -0.1) is 0 Å². The Bertz CT molecular complexity index is 1040. The summed E-state index contributed by atoms with van der Waals surface area (Å²) in [6.45, 7) is 5.11. The Morgan fingerprint density at radius 2 is 1.66 bits per heavy atom. The molecule has 1 fully saturated rings. The molecule has 0 spiro atoms. The lowest BCUT2D eigenvalue weighted by molar-refractivity contribution is -0.129. The zero-order valence-corrected chi connectivity index (χ0v) is 19.5. The molecule has 1 heterocycles. The maximum absolute atomic E-state index is 13.1. The van der Waals surface area contributed by atoms with Crippen LogP contribution >= 0.6 is 0 Å². The van der Waals surface area contributed by atoms with Crippen LogP contribution in [0, 0.1) is 5.82 Å². The van der Waals surface area contributed by atoms with E-state index in [2.05, 4.69) is 15.5 Å². The molecular weight excluding hydrogens is 433 g/mol. The number of amides is 1. The van der Waals surface area contributed by atoms with Gasteiger partial charge in [-0.05, 0) is 49.4 Å². The standard InChI is InChI=1S/C22H30FN5O3S/c1-4-24-20-10-9-19(32(30,31)26(2)3)15-21(20)25-16-22(29)28-13-11-27(12-14-28)18-7-5-17(23)6-8-18/h5-10,15,24-25H,4,11-14,16H2,1-3H3. The van der Waals surface area contributed by atoms with Crippen LogP contribution in [0.4, 0.5) is 21.5 Å². The highest BCUT2D eigenvalue weighted by Crippen LogP contribution is 2.27. The van der Waals surface area contributed by atoms with Crippen molar-refractivity contribution in [2.24, 2.45) is 0 Å². The lowest BCUT2D eigenvalue weighted by Gasteiger charge is -2.36. The molecule has 0 aliphatic carbocycles. The molecule has 0 saturated carbocycles. The Hall–Kier alpha value is -2.85. The van der Waals surface area contributed by atoms with Gasteiger partial charge in [0.1, 0.15) is 5.82 Å². The second-order valence-electron chi connectivity index (χ2n) is 7.72. The summed E-state index contributed by atoms with van der Waals surface area (Å²) in [6, 6.07) is 11.2. The molecule has 2 aromatic carbocycles. The third-order valence-electron chi connectivity index (χ3n) is 5.39. The van der Waals surface area contributed by atoms with E-state index in [1.54, 1.807) is 35.2 Å². The molecular formula is C22H30FN5O3S. The van der Waals surface area contributed by atoms with Crippen LogP contribution in [0.5, 0.6) is 0 Å². The number of anilines is 3. The van der Waals surface area contributed by atoms with Gasteiger partial charge >= 0.3 is 0 Å². The average molecular weight is 464 g/mol. The molecule has 3 rings (SSSR count). The van der Waals surface area contributed by atoms with E-state index in [9.17, 15) is 17.6 Å². The fraction of sp³-hybridized carbons (Fsp3) is 0.409. The second-order valence-corrected chi connectivity index (χ2v) is 9.87. The van der Waals surface area contributed by atoms with Gasteiger partial charge in [-0.25, -0.2) is 17.1 Å². The van der Waals surface area contributed by atoms with Crippen LogP contribution < -0.4 is 15.5 Å². The van der Waals surface area contributed by atoms with Gasteiger partial charge in [0.25, 0.3) is 0 Å². The molecule has 174 valence electrons. The number of halogens is 1. The lowest BCUT2D eigenvalue weighted by atomic mass is 10.2. The number of nitrogens with one attached hydrogen (secondary N) is 2. The summed E-state index contributed by atoms with van der Waals surface area (Å²) in [6.07, 6.45) is 0. The Morgan fingerprint density at radius 3 is 2.25 bits per heavy atom. The van der Waals surface area contributed by atoms with Gasteiger partial charge in [0.2, 0.25) is 15.9 Å². The molecule has 1 aliphatic heterocycles. The minimum absolute atomic E-state index is 0.0560. The van der Waals surface area contributed by atoms with Gasteiger partial charge < -0.3 is 20.4 Å². The summed E-state index contributed by atoms with van der Waals surface area (Å²) < 4.78 is 39.3. The summed E-state index contributed by atoms with van der Waals surface area (Å²) in [4.78, 5) is 16.8. The topological polar surface area (TPSA) is 85.0 Å². The average Bonchev–Trinajstić information content (AvgIpc) is 2.78. The molecule has 8 nitrogen and oxygen atoms in total. The molecule has 10 heteroatoms. The van der Waals surface area contributed by atoms with Crippen LogP contribution in [0.1, 0.15) is 6.92 Å². The smallest absolute Gasteiger partial charge is 0.242 e. The highest BCUT2D eigenvalue weighted by molar-refractivity contribution is 7.89. The Balaban J connectivity index is 1.63. The van der Waals surface area contributed by atoms with Crippen molar-refractivity contribution in [3.8, 4) is 0 Å². The fourth-order valence-corrected chi connectivity index (χ4v) is 4.46.